The molecule has 130 valence electrons. The number of rotatable bonds is 4. The van der Waals surface area contributed by atoms with Crippen molar-refractivity contribution in [2.45, 2.75) is 32.7 Å². The van der Waals surface area contributed by atoms with E-state index in [9.17, 15) is 0 Å². The fraction of sp³-hybridized carbons (Fsp3) is 0.286. The molecule has 2 aromatic carbocycles. The number of nitrogens with two attached hydrogens (primary N) is 1. The summed E-state index contributed by atoms with van der Waals surface area (Å²) in [5, 5.41) is 0. The summed E-state index contributed by atoms with van der Waals surface area (Å²) in [6, 6.07) is 18.2. The number of nitrogen functional groups attached to an aromatic ring is 1. The van der Waals surface area contributed by atoms with Crippen LogP contribution in [0.15, 0.2) is 54.6 Å². The van der Waals surface area contributed by atoms with E-state index in [4.69, 9.17) is 15.5 Å². The van der Waals surface area contributed by atoms with Crippen molar-refractivity contribution in [2.24, 2.45) is 0 Å². The summed E-state index contributed by atoms with van der Waals surface area (Å²) in [5.41, 5.74) is 9.40. The number of aromatic nitrogens is 2. The van der Waals surface area contributed by atoms with Gasteiger partial charge in [0.2, 0.25) is 0 Å². The lowest BCUT2D eigenvalue weighted by Crippen LogP contribution is -2.20. The Kier molecular flexibility index (Phi) is 4.53. The minimum Gasteiger partial charge on any atom is -0.497 e. The number of benzene rings is 2. The van der Waals surface area contributed by atoms with Crippen LogP contribution in [0.5, 0.6) is 5.75 Å². The molecule has 4 nitrogen and oxygen atoms in total. The number of hydrogen-bond donors (Lipinski definition) is 1. The Morgan fingerprint density at radius 1 is 1.04 bits per heavy atom. The number of imidazole rings is 1. The van der Waals surface area contributed by atoms with E-state index < -0.39 is 0 Å². The lowest BCUT2D eigenvalue weighted by atomic mass is 9.95. The molecule has 0 saturated heterocycles. The zero-order valence-corrected chi connectivity index (χ0v) is 15.3. The van der Waals surface area contributed by atoms with Crippen LogP contribution >= 0.6 is 0 Å². The molecule has 3 aromatic rings. The molecule has 0 spiro atoms. The van der Waals surface area contributed by atoms with Crippen LogP contribution in [0.25, 0.3) is 11.3 Å². The van der Waals surface area contributed by atoms with Crippen LogP contribution in [0.3, 0.4) is 0 Å². The third-order valence-electron chi connectivity index (χ3n) is 4.20. The van der Waals surface area contributed by atoms with Crippen molar-refractivity contribution >= 4 is 5.82 Å². The summed E-state index contributed by atoms with van der Waals surface area (Å²) in [5.74, 6) is 2.46. The SMILES string of the molecule is COc1cccc(-c2nc(C(C)(C)C)n(Cc3ccccc3)c2N)c1. The smallest absolute Gasteiger partial charge is 0.132 e. The first-order chi connectivity index (χ1) is 11.9. The number of anilines is 1. The van der Waals surface area contributed by atoms with Crippen molar-refractivity contribution in [3.63, 3.8) is 0 Å². The lowest BCUT2D eigenvalue weighted by Gasteiger charge is -2.20. The zero-order chi connectivity index (χ0) is 18.0. The van der Waals surface area contributed by atoms with E-state index in [-0.39, 0.29) is 5.41 Å². The van der Waals surface area contributed by atoms with Gasteiger partial charge in [-0.25, -0.2) is 4.98 Å². The molecule has 3 rings (SSSR count). The summed E-state index contributed by atoms with van der Waals surface area (Å²) in [6.45, 7) is 7.18. The van der Waals surface area contributed by atoms with Gasteiger partial charge in [0.25, 0.3) is 0 Å². The van der Waals surface area contributed by atoms with Gasteiger partial charge in [-0.3, -0.25) is 0 Å². The highest BCUT2D eigenvalue weighted by molar-refractivity contribution is 5.72. The van der Waals surface area contributed by atoms with Gasteiger partial charge in [-0.2, -0.15) is 0 Å². The molecule has 1 heterocycles. The van der Waals surface area contributed by atoms with Crippen molar-refractivity contribution in [1.29, 1.82) is 0 Å². The Bertz CT molecular complexity index is 861. The van der Waals surface area contributed by atoms with E-state index in [1.807, 2.05) is 42.5 Å². The molecule has 4 heteroatoms. The molecule has 0 aliphatic heterocycles. The van der Waals surface area contributed by atoms with E-state index in [2.05, 4.69) is 37.5 Å². The Morgan fingerprint density at radius 3 is 2.40 bits per heavy atom. The van der Waals surface area contributed by atoms with Crippen LogP contribution in [-0.4, -0.2) is 16.7 Å². The van der Waals surface area contributed by atoms with Gasteiger partial charge in [0.15, 0.2) is 0 Å². The van der Waals surface area contributed by atoms with Gasteiger partial charge in [-0.1, -0.05) is 63.2 Å². The predicted molar refractivity (Wildman–Crippen MR) is 103 cm³/mol. The largest absolute Gasteiger partial charge is 0.497 e. The summed E-state index contributed by atoms with van der Waals surface area (Å²) in [6.07, 6.45) is 0. The first-order valence-electron chi connectivity index (χ1n) is 8.45. The highest BCUT2D eigenvalue weighted by Gasteiger charge is 2.25. The van der Waals surface area contributed by atoms with Gasteiger partial charge < -0.3 is 15.0 Å². The minimum absolute atomic E-state index is 0.111. The number of hydrogen-bond acceptors (Lipinski definition) is 3. The molecule has 0 amide bonds. The predicted octanol–water partition coefficient (Wildman–Crippen LogP) is 4.49. The molecule has 0 fully saturated rings. The molecule has 1 aromatic heterocycles. The van der Waals surface area contributed by atoms with E-state index in [0.717, 1.165) is 22.8 Å². The van der Waals surface area contributed by atoms with Gasteiger partial charge >= 0.3 is 0 Å². The van der Waals surface area contributed by atoms with Crippen molar-refractivity contribution in [3.8, 4) is 17.0 Å². The standard InChI is InChI=1S/C21H25N3O/c1-21(2,3)20-23-18(16-11-8-12-17(13-16)25-4)19(22)24(20)14-15-9-6-5-7-10-15/h5-13H,14,22H2,1-4H3. The molecular formula is C21H25N3O. The molecule has 0 unspecified atom stereocenters. The molecule has 0 bridgehead atoms. The summed E-state index contributed by atoms with van der Waals surface area (Å²) < 4.78 is 7.46. The minimum atomic E-state index is -0.111. The maximum absolute atomic E-state index is 6.53. The maximum Gasteiger partial charge on any atom is 0.132 e. The second-order valence-corrected chi connectivity index (χ2v) is 7.22. The Morgan fingerprint density at radius 2 is 1.76 bits per heavy atom. The number of nitrogens with zero attached hydrogens (tertiary/aromatic N) is 2. The number of methoxy groups -OCH3 is 1. The van der Waals surface area contributed by atoms with Crippen LogP contribution in [0.1, 0.15) is 32.2 Å². The Labute approximate surface area is 149 Å². The van der Waals surface area contributed by atoms with E-state index in [0.29, 0.717) is 12.4 Å². The molecule has 0 radical (unpaired) electrons. The fourth-order valence-electron chi connectivity index (χ4n) is 2.95. The number of ether oxygens (including phenoxy) is 1. The van der Waals surface area contributed by atoms with Gasteiger partial charge in [0.05, 0.1) is 13.7 Å². The van der Waals surface area contributed by atoms with E-state index in [1.165, 1.54) is 5.56 Å². The molecule has 0 aliphatic carbocycles. The van der Waals surface area contributed by atoms with Gasteiger partial charge in [0, 0.05) is 11.0 Å². The lowest BCUT2D eigenvalue weighted by molar-refractivity contribution is 0.415. The van der Waals surface area contributed by atoms with Crippen molar-refractivity contribution in [2.75, 3.05) is 12.8 Å². The monoisotopic (exact) mass is 335 g/mol. The summed E-state index contributed by atoms with van der Waals surface area (Å²) in [4.78, 5) is 4.91. The van der Waals surface area contributed by atoms with Crippen LogP contribution in [0.4, 0.5) is 5.82 Å². The van der Waals surface area contributed by atoms with Gasteiger partial charge in [-0.15, -0.1) is 0 Å². The maximum atomic E-state index is 6.53. The highest BCUT2D eigenvalue weighted by atomic mass is 16.5. The van der Waals surface area contributed by atoms with E-state index >= 15 is 0 Å². The molecule has 0 saturated carbocycles. The normalized spacial score (nSPS) is 11.5. The highest BCUT2D eigenvalue weighted by Crippen LogP contribution is 2.33. The second-order valence-electron chi connectivity index (χ2n) is 7.22. The van der Waals surface area contributed by atoms with Crippen LogP contribution in [-0.2, 0) is 12.0 Å². The third-order valence-corrected chi connectivity index (χ3v) is 4.20. The Hall–Kier alpha value is -2.75. The first-order valence-corrected chi connectivity index (χ1v) is 8.45. The molecule has 2 N–H and O–H groups in total. The van der Waals surface area contributed by atoms with Gasteiger partial charge in [0.1, 0.15) is 23.1 Å². The topological polar surface area (TPSA) is 53.1 Å². The van der Waals surface area contributed by atoms with Gasteiger partial charge in [-0.05, 0) is 17.7 Å². The summed E-state index contributed by atoms with van der Waals surface area (Å²) in [7, 11) is 1.66. The van der Waals surface area contributed by atoms with Crippen molar-refractivity contribution in [1.82, 2.24) is 9.55 Å². The molecule has 0 atom stereocenters. The van der Waals surface area contributed by atoms with Crippen molar-refractivity contribution in [3.05, 3.63) is 66.0 Å². The molecular weight excluding hydrogens is 310 g/mol. The van der Waals surface area contributed by atoms with E-state index in [1.54, 1.807) is 7.11 Å². The van der Waals surface area contributed by atoms with Crippen LogP contribution < -0.4 is 10.5 Å². The quantitative estimate of drug-likeness (QED) is 0.764. The van der Waals surface area contributed by atoms with Crippen molar-refractivity contribution < 1.29 is 4.74 Å². The zero-order valence-electron chi connectivity index (χ0n) is 15.3. The average Bonchev–Trinajstić information content (AvgIpc) is 2.93. The van der Waals surface area contributed by atoms with Crippen LogP contribution in [0, 0.1) is 0 Å². The molecule has 25 heavy (non-hydrogen) atoms. The second kappa shape index (κ2) is 6.63. The fourth-order valence-corrected chi connectivity index (χ4v) is 2.95. The van der Waals surface area contributed by atoms with Crippen LogP contribution in [0.2, 0.25) is 0 Å². The Balaban J connectivity index is 2.12. The first kappa shape index (κ1) is 17.1. The average molecular weight is 335 g/mol. The summed E-state index contributed by atoms with van der Waals surface area (Å²) >= 11 is 0. The third kappa shape index (κ3) is 3.53. The molecule has 0 aliphatic rings.